The van der Waals surface area contributed by atoms with Gasteiger partial charge in [-0.2, -0.15) is 5.10 Å². The van der Waals surface area contributed by atoms with E-state index in [0.29, 0.717) is 6.54 Å². The van der Waals surface area contributed by atoms with Gasteiger partial charge in [-0.3, -0.25) is 4.68 Å². The van der Waals surface area contributed by atoms with Gasteiger partial charge >= 0.3 is 7.12 Å². The molecule has 0 radical (unpaired) electrons. The maximum atomic E-state index is 9.31. The highest BCUT2D eigenvalue weighted by atomic mass is 16.7. The van der Waals surface area contributed by atoms with Crippen LogP contribution in [0.3, 0.4) is 0 Å². The van der Waals surface area contributed by atoms with Crippen LogP contribution in [0.25, 0.3) is 0 Å². The molecule has 5 nitrogen and oxygen atoms in total. The summed E-state index contributed by atoms with van der Waals surface area (Å²) in [7, 11) is -0.390. The molecule has 0 aliphatic carbocycles. The minimum Gasteiger partial charge on any atom is -0.508 e. The molecule has 1 aliphatic heterocycles. The van der Waals surface area contributed by atoms with Crippen LogP contribution in [0.15, 0.2) is 36.7 Å². The first kappa shape index (κ1) is 15.1. The van der Waals surface area contributed by atoms with E-state index in [1.54, 1.807) is 18.3 Å². The number of benzene rings is 1. The topological polar surface area (TPSA) is 56.5 Å². The standard InChI is InChI=1S/C16H21BN2O3/c1-15(2)16(3,4)22-17(21-15)13-9-18-19(11-13)10-12-5-7-14(20)8-6-12/h5-9,11,20H,10H2,1-4H3. The highest BCUT2D eigenvalue weighted by Crippen LogP contribution is 2.36. The van der Waals surface area contributed by atoms with Crippen molar-refractivity contribution in [3.05, 3.63) is 42.2 Å². The van der Waals surface area contributed by atoms with Gasteiger partial charge in [-0.05, 0) is 45.4 Å². The minimum atomic E-state index is -0.390. The molecule has 1 aliphatic rings. The van der Waals surface area contributed by atoms with Crippen molar-refractivity contribution in [3.8, 4) is 5.75 Å². The molecule has 1 N–H and O–H groups in total. The van der Waals surface area contributed by atoms with Crippen molar-refractivity contribution in [1.82, 2.24) is 9.78 Å². The van der Waals surface area contributed by atoms with Gasteiger partial charge in [-0.25, -0.2) is 0 Å². The Morgan fingerprint density at radius 3 is 2.27 bits per heavy atom. The second-order valence-electron chi connectivity index (χ2n) is 6.73. The van der Waals surface area contributed by atoms with E-state index in [-0.39, 0.29) is 17.0 Å². The first-order valence-corrected chi connectivity index (χ1v) is 7.43. The molecular weight excluding hydrogens is 279 g/mol. The summed E-state index contributed by atoms with van der Waals surface area (Å²) >= 11 is 0. The summed E-state index contributed by atoms with van der Waals surface area (Å²) in [5.74, 6) is 0.266. The van der Waals surface area contributed by atoms with E-state index in [4.69, 9.17) is 9.31 Å². The zero-order valence-electron chi connectivity index (χ0n) is 13.4. The van der Waals surface area contributed by atoms with Crippen LogP contribution >= 0.6 is 0 Å². The fourth-order valence-electron chi connectivity index (χ4n) is 2.36. The molecule has 1 fully saturated rings. The Morgan fingerprint density at radius 1 is 1.09 bits per heavy atom. The van der Waals surface area contributed by atoms with Crippen LogP contribution < -0.4 is 5.46 Å². The van der Waals surface area contributed by atoms with Crippen LogP contribution in [0.4, 0.5) is 0 Å². The van der Waals surface area contributed by atoms with E-state index < -0.39 is 7.12 Å². The van der Waals surface area contributed by atoms with Gasteiger partial charge < -0.3 is 14.4 Å². The molecule has 2 heterocycles. The summed E-state index contributed by atoms with van der Waals surface area (Å²) in [5, 5.41) is 13.7. The van der Waals surface area contributed by atoms with Crippen LogP contribution in [0.2, 0.25) is 0 Å². The van der Waals surface area contributed by atoms with Gasteiger partial charge in [-0.1, -0.05) is 12.1 Å². The molecule has 1 saturated heterocycles. The maximum Gasteiger partial charge on any atom is 0.498 e. The zero-order chi connectivity index (χ0) is 16.0. The Hall–Kier alpha value is -1.79. The van der Waals surface area contributed by atoms with Crippen molar-refractivity contribution in [3.63, 3.8) is 0 Å². The molecule has 3 rings (SSSR count). The number of hydrogen-bond donors (Lipinski definition) is 1. The van der Waals surface area contributed by atoms with Crippen molar-refractivity contribution < 1.29 is 14.4 Å². The van der Waals surface area contributed by atoms with Crippen molar-refractivity contribution in [2.24, 2.45) is 0 Å². The Labute approximate surface area is 131 Å². The largest absolute Gasteiger partial charge is 0.508 e. The second-order valence-corrected chi connectivity index (χ2v) is 6.73. The number of rotatable bonds is 3. The van der Waals surface area contributed by atoms with E-state index in [9.17, 15) is 5.11 Å². The molecule has 1 aromatic carbocycles. The molecule has 0 spiro atoms. The van der Waals surface area contributed by atoms with Gasteiger partial charge in [0.25, 0.3) is 0 Å². The summed E-state index contributed by atoms with van der Waals surface area (Å²) in [6, 6.07) is 7.11. The number of phenolic OH excluding ortho intramolecular Hbond substituents is 1. The predicted octanol–water partition coefficient (Wildman–Crippen LogP) is 1.94. The maximum absolute atomic E-state index is 9.31. The third-order valence-corrected chi connectivity index (χ3v) is 4.46. The third kappa shape index (κ3) is 2.76. The lowest BCUT2D eigenvalue weighted by Gasteiger charge is -2.32. The minimum absolute atomic E-state index is 0.266. The van der Waals surface area contributed by atoms with Crippen LogP contribution in [-0.4, -0.2) is 33.2 Å². The van der Waals surface area contributed by atoms with E-state index in [1.165, 1.54) is 0 Å². The number of phenols is 1. The molecule has 0 saturated carbocycles. The quantitative estimate of drug-likeness (QED) is 0.880. The molecule has 0 amide bonds. The first-order valence-electron chi connectivity index (χ1n) is 7.43. The number of aromatic hydroxyl groups is 1. The highest BCUT2D eigenvalue weighted by Gasteiger charge is 2.52. The molecule has 22 heavy (non-hydrogen) atoms. The zero-order valence-corrected chi connectivity index (χ0v) is 13.4. The fraction of sp³-hybridized carbons (Fsp3) is 0.438. The summed E-state index contributed by atoms with van der Waals surface area (Å²) in [6.45, 7) is 8.78. The fourth-order valence-corrected chi connectivity index (χ4v) is 2.36. The highest BCUT2D eigenvalue weighted by molar-refractivity contribution is 6.61. The van der Waals surface area contributed by atoms with Gasteiger partial charge in [0.15, 0.2) is 0 Å². The van der Waals surface area contributed by atoms with Gasteiger partial charge in [0, 0.05) is 17.9 Å². The Morgan fingerprint density at radius 2 is 1.68 bits per heavy atom. The molecule has 6 heteroatoms. The number of nitrogens with zero attached hydrogens (tertiary/aromatic N) is 2. The Balaban J connectivity index is 1.73. The van der Waals surface area contributed by atoms with Gasteiger partial charge in [0.05, 0.1) is 17.7 Å². The van der Waals surface area contributed by atoms with E-state index >= 15 is 0 Å². The normalized spacial score (nSPS) is 19.5. The van der Waals surface area contributed by atoms with E-state index in [1.807, 2.05) is 50.7 Å². The predicted molar refractivity (Wildman–Crippen MR) is 85.2 cm³/mol. The van der Waals surface area contributed by atoms with Gasteiger partial charge in [0.1, 0.15) is 5.75 Å². The van der Waals surface area contributed by atoms with Crippen molar-refractivity contribution >= 4 is 12.6 Å². The monoisotopic (exact) mass is 300 g/mol. The molecule has 116 valence electrons. The van der Waals surface area contributed by atoms with E-state index in [2.05, 4.69) is 5.10 Å². The SMILES string of the molecule is CC1(C)OB(c2cnn(Cc3ccc(O)cc3)c2)OC1(C)C. The van der Waals surface area contributed by atoms with Gasteiger partial charge in [0.2, 0.25) is 0 Å². The summed E-state index contributed by atoms with van der Waals surface area (Å²) in [4.78, 5) is 0. The van der Waals surface area contributed by atoms with E-state index in [0.717, 1.165) is 11.0 Å². The van der Waals surface area contributed by atoms with Crippen LogP contribution in [-0.2, 0) is 15.9 Å². The average Bonchev–Trinajstić information content (AvgIpc) is 2.96. The molecule has 1 aromatic heterocycles. The smallest absolute Gasteiger partial charge is 0.498 e. The Kier molecular flexibility index (Phi) is 3.53. The summed E-state index contributed by atoms with van der Waals surface area (Å²) in [5.41, 5.74) is 1.28. The van der Waals surface area contributed by atoms with Crippen LogP contribution in [0, 0.1) is 0 Å². The van der Waals surface area contributed by atoms with Crippen LogP contribution in [0.1, 0.15) is 33.3 Å². The van der Waals surface area contributed by atoms with Gasteiger partial charge in [-0.15, -0.1) is 0 Å². The first-order chi connectivity index (χ1) is 10.3. The van der Waals surface area contributed by atoms with Crippen molar-refractivity contribution in [2.45, 2.75) is 45.4 Å². The molecular formula is C16H21BN2O3. The van der Waals surface area contributed by atoms with Crippen molar-refractivity contribution in [2.75, 3.05) is 0 Å². The Bertz CT molecular complexity index is 648. The lowest BCUT2D eigenvalue weighted by molar-refractivity contribution is 0.00578. The molecule has 2 aromatic rings. The molecule has 0 unspecified atom stereocenters. The molecule has 0 bridgehead atoms. The van der Waals surface area contributed by atoms with Crippen LogP contribution in [0.5, 0.6) is 5.75 Å². The second kappa shape index (κ2) is 5.14. The lowest BCUT2D eigenvalue weighted by atomic mass is 9.82. The number of aromatic nitrogens is 2. The molecule has 0 atom stereocenters. The third-order valence-electron chi connectivity index (χ3n) is 4.46. The summed E-state index contributed by atoms with van der Waals surface area (Å²) < 4.78 is 13.9. The summed E-state index contributed by atoms with van der Waals surface area (Å²) in [6.07, 6.45) is 3.72. The lowest BCUT2D eigenvalue weighted by Crippen LogP contribution is -2.41. The number of hydrogen-bond acceptors (Lipinski definition) is 4. The van der Waals surface area contributed by atoms with Crippen molar-refractivity contribution in [1.29, 1.82) is 0 Å². The average molecular weight is 300 g/mol.